The number of anilines is 1. The van der Waals surface area contributed by atoms with Crippen LogP contribution in [-0.2, 0) is 14.3 Å². The molecule has 0 saturated heterocycles. The maximum absolute atomic E-state index is 12.2. The molecule has 0 saturated carbocycles. The van der Waals surface area contributed by atoms with Crippen LogP contribution in [0.25, 0.3) is 0 Å². The van der Waals surface area contributed by atoms with Gasteiger partial charge >= 0.3 is 11.9 Å². The van der Waals surface area contributed by atoms with Gasteiger partial charge in [-0.25, -0.2) is 9.59 Å². The maximum atomic E-state index is 12.2. The zero-order valence-corrected chi connectivity index (χ0v) is 17.2. The van der Waals surface area contributed by atoms with Crippen LogP contribution >= 0.6 is 0 Å². The third kappa shape index (κ3) is 6.51. The highest BCUT2D eigenvalue weighted by molar-refractivity contribution is 5.96. The molecule has 0 fully saturated rings. The van der Waals surface area contributed by atoms with Gasteiger partial charge in [-0.1, -0.05) is 6.92 Å². The first-order chi connectivity index (χ1) is 14.5. The lowest BCUT2D eigenvalue weighted by Crippen LogP contribution is -2.21. The molecule has 160 valence electrons. The van der Waals surface area contributed by atoms with Gasteiger partial charge < -0.3 is 24.3 Å². The zero-order valence-electron chi connectivity index (χ0n) is 17.2. The number of rotatable bonds is 10. The molecule has 0 atom stereocenters. The molecule has 8 nitrogen and oxygen atoms in total. The Kier molecular flexibility index (Phi) is 8.68. The summed E-state index contributed by atoms with van der Waals surface area (Å²) in [4.78, 5) is 36.0. The van der Waals surface area contributed by atoms with E-state index in [1.807, 2.05) is 13.8 Å². The quantitative estimate of drug-likeness (QED) is 0.593. The van der Waals surface area contributed by atoms with E-state index in [0.29, 0.717) is 36.0 Å². The maximum Gasteiger partial charge on any atom is 0.338 e. The van der Waals surface area contributed by atoms with Crippen LogP contribution in [0.4, 0.5) is 5.69 Å². The summed E-state index contributed by atoms with van der Waals surface area (Å²) in [6, 6.07) is 10.9. The Morgan fingerprint density at radius 3 is 2.17 bits per heavy atom. The second-order valence-corrected chi connectivity index (χ2v) is 6.14. The molecular weight excluding hydrogens is 390 g/mol. The molecule has 2 aromatic carbocycles. The van der Waals surface area contributed by atoms with Gasteiger partial charge in [0.1, 0.15) is 0 Å². The SMILES string of the molecule is CCCOC(=O)c1ccc(NC(=O)COC(=O)c2ccc(OC)c(OCC)c2)cc1. The summed E-state index contributed by atoms with van der Waals surface area (Å²) in [7, 11) is 1.50. The fraction of sp³-hybridized carbons (Fsp3) is 0.318. The van der Waals surface area contributed by atoms with Gasteiger partial charge in [-0.15, -0.1) is 0 Å². The molecule has 2 rings (SSSR count). The molecule has 2 aromatic rings. The van der Waals surface area contributed by atoms with Crippen molar-refractivity contribution in [3.8, 4) is 11.5 Å². The van der Waals surface area contributed by atoms with Crippen LogP contribution < -0.4 is 14.8 Å². The van der Waals surface area contributed by atoms with Gasteiger partial charge in [0.2, 0.25) is 0 Å². The smallest absolute Gasteiger partial charge is 0.338 e. The van der Waals surface area contributed by atoms with Crippen LogP contribution in [0.5, 0.6) is 11.5 Å². The summed E-state index contributed by atoms with van der Waals surface area (Å²) in [5.41, 5.74) is 1.09. The van der Waals surface area contributed by atoms with Crippen molar-refractivity contribution < 1.29 is 33.3 Å². The highest BCUT2D eigenvalue weighted by Crippen LogP contribution is 2.28. The molecule has 0 spiro atoms. The van der Waals surface area contributed by atoms with E-state index in [9.17, 15) is 14.4 Å². The van der Waals surface area contributed by atoms with Crippen molar-refractivity contribution in [3.63, 3.8) is 0 Å². The van der Waals surface area contributed by atoms with Crippen molar-refractivity contribution in [1.82, 2.24) is 0 Å². The number of carbonyl (C=O) groups is 3. The van der Waals surface area contributed by atoms with Crippen LogP contribution in [0.1, 0.15) is 41.0 Å². The van der Waals surface area contributed by atoms with Gasteiger partial charge in [-0.05, 0) is 55.8 Å². The van der Waals surface area contributed by atoms with Gasteiger partial charge in [-0.2, -0.15) is 0 Å². The van der Waals surface area contributed by atoms with Gasteiger partial charge in [-0.3, -0.25) is 4.79 Å². The topological polar surface area (TPSA) is 100 Å². The summed E-state index contributed by atoms with van der Waals surface area (Å²) in [6.07, 6.45) is 0.738. The predicted octanol–water partition coefficient (Wildman–Crippen LogP) is 3.46. The average molecular weight is 415 g/mol. The van der Waals surface area contributed by atoms with Crippen molar-refractivity contribution in [2.75, 3.05) is 32.2 Å². The highest BCUT2D eigenvalue weighted by atomic mass is 16.5. The second kappa shape index (κ2) is 11.5. The molecule has 0 unspecified atom stereocenters. The normalized spacial score (nSPS) is 10.1. The molecule has 1 N–H and O–H groups in total. The van der Waals surface area contributed by atoms with E-state index < -0.39 is 24.5 Å². The Hall–Kier alpha value is -3.55. The Bertz CT molecular complexity index is 878. The largest absolute Gasteiger partial charge is 0.493 e. The minimum atomic E-state index is -0.664. The molecule has 0 aliphatic carbocycles. The average Bonchev–Trinajstić information content (AvgIpc) is 2.76. The molecular formula is C22H25NO7. The van der Waals surface area contributed by atoms with Crippen LogP contribution in [0, 0.1) is 0 Å². The third-order valence-corrected chi connectivity index (χ3v) is 3.88. The molecule has 0 aliphatic heterocycles. The van der Waals surface area contributed by atoms with Crippen LogP contribution in [-0.4, -0.2) is 44.8 Å². The summed E-state index contributed by atoms with van der Waals surface area (Å²) in [5, 5.41) is 2.60. The number of hydrogen-bond acceptors (Lipinski definition) is 7. The Morgan fingerprint density at radius 2 is 1.53 bits per heavy atom. The van der Waals surface area contributed by atoms with Crippen molar-refractivity contribution >= 4 is 23.5 Å². The zero-order chi connectivity index (χ0) is 21.9. The number of benzene rings is 2. The fourth-order valence-corrected chi connectivity index (χ4v) is 2.45. The van der Waals surface area contributed by atoms with E-state index in [0.717, 1.165) is 6.42 Å². The lowest BCUT2D eigenvalue weighted by Gasteiger charge is -2.11. The lowest BCUT2D eigenvalue weighted by molar-refractivity contribution is -0.119. The monoisotopic (exact) mass is 415 g/mol. The molecule has 0 bridgehead atoms. The molecule has 0 heterocycles. The Morgan fingerprint density at radius 1 is 0.867 bits per heavy atom. The second-order valence-electron chi connectivity index (χ2n) is 6.14. The number of carbonyl (C=O) groups excluding carboxylic acids is 3. The number of hydrogen-bond donors (Lipinski definition) is 1. The Labute approximate surface area is 175 Å². The molecule has 8 heteroatoms. The molecule has 0 radical (unpaired) electrons. The number of amides is 1. The van der Waals surface area contributed by atoms with E-state index in [1.54, 1.807) is 30.3 Å². The van der Waals surface area contributed by atoms with Crippen molar-refractivity contribution in [2.45, 2.75) is 20.3 Å². The molecule has 1 amide bonds. The fourth-order valence-electron chi connectivity index (χ4n) is 2.45. The lowest BCUT2D eigenvalue weighted by atomic mass is 10.2. The first kappa shape index (κ1) is 22.7. The van der Waals surface area contributed by atoms with E-state index in [2.05, 4.69) is 5.32 Å². The first-order valence-corrected chi connectivity index (χ1v) is 9.53. The number of nitrogens with one attached hydrogen (secondary N) is 1. The molecule has 0 aromatic heterocycles. The van der Waals surface area contributed by atoms with E-state index in [1.165, 1.54) is 19.2 Å². The predicted molar refractivity (Wildman–Crippen MR) is 110 cm³/mol. The van der Waals surface area contributed by atoms with Crippen LogP contribution in [0.15, 0.2) is 42.5 Å². The van der Waals surface area contributed by atoms with Gasteiger partial charge in [0.15, 0.2) is 18.1 Å². The summed E-state index contributed by atoms with van der Waals surface area (Å²) in [6.45, 7) is 4.02. The van der Waals surface area contributed by atoms with Crippen molar-refractivity contribution in [1.29, 1.82) is 0 Å². The minimum Gasteiger partial charge on any atom is -0.493 e. The number of methoxy groups -OCH3 is 1. The van der Waals surface area contributed by atoms with E-state index in [-0.39, 0.29) is 5.56 Å². The van der Waals surface area contributed by atoms with Crippen molar-refractivity contribution in [2.24, 2.45) is 0 Å². The highest BCUT2D eigenvalue weighted by Gasteiger charge is 2.14. The van der Waals surface area contributed by atoms with Gasteiger partial charge in [0, 0.05) is 5.69 Å². The summed E-state index contributed by atoms with van der Waals surface area (Å²) in [5.74, 6) is -0.690. The number of ether oxygens (including phenoxy) is 4. The first-order valence-electron chi connectivity index (χ1n) is 9.53. The van der Waals surface area contributed by atoms with Gasteiger partial charge in [0.05, 0.1) is 31.5 Å². The molecule has 30 heavy (non-hydrogen) atoms. The molecule has 0 aliphatic rings. The standard InChI is InChI=1S/C22H25NO7/c1-4-12-29-21(25)15-6-9-17(10-7-15)23-20(24)14-30-22(26)16-8-11-18(27-3)19(13-16)28-5-2/h6-11,13H,4-5,12,14H2,1-3H3,(H,23,24). The summed E-state index contributed by atoms with van der Waals surface area (Å²) >= 11 is 0. The minimum absolute atomic E-state index is 0.238. The third-order valence-electron chi connectivity index (χ3n) is 3.88. The number of esters is 2. The Balaban J connectivity index is 1.89. The van der Waals surface area contributed by atoms with Gasteiger partial charge in [0.25, 0.3) is 5.91 Å². The van der Waals surface area contributed by atoms with Crippen molar-refractivity contribution in [3.05, 3.63) is 53.6 Å². The van der Waals surface area contributed by atoms with E-state index in [4.69, 9.17) is 18.9 Å². The summed E-state index contributed by atoms with van der Waals surface area (Å²) < 4.78 is 20.7. The van der Waals surface area contributed by atoms with Crippen LogP contribution in [0.3, 0.4) is 0 Å². The van der Waals surface area contributed by atoms with Crippen LogP contribution in [0.2, 0.25) is 0 Å². The van der Waals surface area contributed by atoms with E-state index >= 15 is 0 Å².